The summed E-state index contributed by atoms with van der Waals surface area (Å²) in [6.45, 7) is 1.40. The second-order valence-corrected chi connectivity index (χ2v) is 5.52. The van der Waals surface area contributed by atoms with Crippen molar-refractivity contribution in [2.45, 2.75) is 19.8 Å². The van der Waals surface area contributed by atoms with Crippen molar-refractivity contribution in [3.8, 4) is 0 Å². The van der Waals surface area contributed by atoms with Crippen LogP contribution in [-0.2, 0) is 0 Å². The Bertz CT molecular complexity index is 709. The van der Waals surface area contributed by atoms with Gasteiger partial charge < -0.3 is 0 Å². The van der Waals surface area contributed by atoms with Crippen molar-refractivity contribution < 1.29 is 27.2 Å². The number of hydrogen-bond acceptors (Lipinski definition) is 2. The van der Waals surface area contributed by atoms with E-state index in [0.717, 1.165) is 0 Å². The fourth-order valence-electron chi connectivity index (χ4n) is 1.75. The molecule has 0 N–H and O–H groups in total. The summed E-state index contributed by atoms with van der Waals surface area (Å²) in [7, 11) is 0. The van der Waals surface area contributed by atoms with Crippen LogP contribution < -0.4 is 0 Å². The molecule has 0 spiro atoms. The molecule has 0 aromatic heterocycles. The average molecular weight is 660 g/mol. The summed E-state index contributed by atoms with van der Waals surface area (Å²) in [6.07, 6.45) is -4.95. The largest absolute Gasteiger partial charge is 0.295 e. The molecule has 0 atom stereocenters. The molecule has 2 rings (SSSR count). The fraction of sp³-hybridized carbons (Fsp3) is 0.222. The molecule has 0 fully saturated rings. The van der Waals surface area contributed by atoms with Crippen LogP contribution in [0.2, 0.25) is 0 Å². The van der Waals surface area contributed by atoms with Crippen molar-refractivity contribution in [3.63, 3.8) is 0 Å². The molecular formula is C18H16Br4F4O2. The molecule has 0 saturated heterocycles. The van der Waals surface area contributed by atoms with Crippen LogP contribution in [0.25, 0.3) is 0 Å². The Morgan fingerprint density at radius 2 is 1.11 bits per heavy atom. The fourth-order valence-corrected chi connectivity index (χ4v) is 2.08. The highest BCUT2D eigenvalue weighted by Gasteiger charge is 2.08. The number of Topliss-reactive ketones (excluding diaryl/α,β-unsaturated/α-hetero) is 2. The average Bonchev–Trinajstić information content (AvgIpc) is 2.69. The molecular weight excluding hydrogens is 644 g/mol. The first kappa shape index (κ1) is 29.6. The van der Waals surface area contributed by atoms with E-state index in [1.165, 1.54) is 55.5 Å². The number of hydrogen-bond donors (Lipinski definition) is 0. The van der Waals surface area contributed by atoms with Crippen LogP contribution in [0.1, 0.15) is 51.6 Å². The maximum atomic E-state index is 12.1. The Labute approximate surface area is 194 Å². The molecule has 0 aliphatic rings. The van der Waals surface area contributed by atoms with Crippen molar-refractivity contribution in [1.29, 1.82) is 0 Å². The zero-order valence-corrected chi connectivity index (χ0v) is 20.8. The summed E-state index contributed by atoms with van der Waals surface area (Å²) in [4.78, 5) is 21.8. The SMILES string of the molecule is Br.BrBr.CC(=O)c1ccc(C(F)F)cc1.O=C(CBr)c1ccc(C(F)F)cc1. The van der Waals surface area contributed by atoms with E-state index in [1.54, 1.807) is 0 Å². The number of halogens is 8. The van der Waals surface area contributed by atoms with Crippen molar-refractivity contribution in [2.75, 3.05) is 5.33 Å². The smallest absolute Gasteiger partial charge is 0.263 e. The van der Waals surface area contributed by atoms with Gasteiger partial charge in [-0.05, 0) is 6.92 Å². The minimum absolute atomic E-state index is 0. The zero-order chi connectivity index (χ0) is 21.0. The highest BCUT2D eigenvalue weighted by atomic mass is 80.9. The molecule has 10 heteroatoms. The van der Waals surface area contributed by atoms with Crippen molar-refractivity contribution >= 4 is 72.7 Å². The lowest BCUT2D eigenvalue weighted by molar-refractivity contribution is 0.101. The number of carbonyl (C=O) groups is 2. The van der Waals surface area contributed by atoms with Crippen LogP contribution in [-0.4, -0.2) is 16.9 Å². The van der Waals surface area contributed by atoms with Gasteiger partial charge in [0.05, 0.1) is 5.33 Å². The van der Waals surface area contributed by atoms with E-state index < -0.39 is 12.9 Å². The van der Waals surface area contributed by atoms with Gasteiger partial charge in [-0.1, -0.05) is 64.5 Å². The van der Waals surface area contributed by atoms with E-state index in [2.05, 4.69) is 44.2 Å². The van der Waals surface area contributed by atoms with E-state index >= 15 is 0 Å². The summed E-state index contributed by atoms with van der Waals surface area (Å²) in [5.74, 6) is -0.225. The van der Waals surface area contributed by atoms with Crippen molar-refractivity contribution in [1.82, 2.24) is 0 Å². The van der Waals surface area contributed by atoms with Crippen LogP contribution in [0.3, 0.4) is 0 Å². The number of carbonyl (C=O) groups excluding carboxylic acids is 2. The van der Waals surface area contributed by atoms with Gasteiger partial charge in [0.2, 0.25) is 0 Å². The molecule has 2 nitrogen and oxygen atoms in total. The van der Waals surface area contributed by atoms with Gasteiger partial charge in [0.15, 0.2) is 11.6 Å². The van der Waals surface area contributed by atoms with Gasteiger partial charge in [-0.25, -0.2) is 17.6 Å². The first-order chi connectivity index (χ1) is 12.8. The van der Waals surface area contributed by atoms with Crippen molar-refractivity contribution in [2.24, 2.45) is 0 Å². The molecule has 0 unspecified atom stereocenters. The Morgan fingerprint density at radius 1 is 0.786 bits per heavy atom. The molecule has 0 radical (unpaired) electrons. The third kappa shape index (κ3) is 10.8. The van der Waals surface area contributed by atoms with Crippen LogP contribution in [0, 0.1) is 0 Å². The predicted molar refractivity (Wildman–Crippen MR) is 119 cm³/mol. The summed E-state index contributed by atoms with van der Waals surface area (Å²) in [5, 5.41) is 0.209. The van der Waals surface area contributed by atoms with Crippen LogP contribution in [0.5, 0.6) is 0 Å². The molecule has 2 aromatic carbocycles. The topological polar surface area (TPSA) is 34.1 Å². The third-order valence-corrected chi connectivity index (χ3v) is 3.68. The Kier molecular flexibility index (Phi) is 17.2. The summed E-state index contributed by atoms with van der Waals surface area (Å²) in [6, 6.07) is 10.7. The molecule has 156 valence electrons. The van der Waals surface area contributed by atoms with Gasteiger partial charge in [0, 0.05) is 50.5 Å². The van der Waals surface area contributed by atoms with Gasteiger partial charge in [-0.2, -0.15) is 0 Å². The standard InChI is InChI=1S/C9H7BrF2O.C9H8F2O.Br2.BrH/c10-5-8(13)6-1-3-7(4-2-6)9(11)12;1-6(12)7-2-4-8(5-3-7)9(10)11;1-2;/h1-4,9H,5H2;2-5,9H,1H3;;1H. The van der Waals surface area contributed by atoms with Crippen LogP contribution in [0.15, 0.2) is 48.5 Å². The summed E-state index contributed by atoms with van der Waals surface area (Å²) in [5.41, 5.74) is 0.784. The minimum atomic E-state index is -2.48. The summed E-state index contributed by atoms with van der Waals surface area (Å²) >= 11 is 8.50. The van der Waals surface area contributed by atoms with E-state index in [1.807, 2.05) is 0 Å². The van der Waals surface area contributed by atoms with Gasteiger partial charge in [-0.3, -0.25) is 9.59 Å². The first-order valence-electron chi connectivity index (χ1n) is 7.26. The molecule has 0 amide bonds. The van der Waals surface area contributed by atoms with Gasteiger partial charge in [-0.15, -0.1) is 17.0 Å². The van der Waals surface area contributed by atoms with Gasteiger partial charge in [0.1, 0.15) is 0 Å². The second kappa shape index (κ2) is 16.2. The maximum Gasteiger partial charge on any atom is 0.263 e. The lowest BCUT2D eigenvalue weighted by Crippen LogP contribution is -1.99. The molecule has 2 aromatic rings. The monoisotopic (exact) mass is 656 g/mol. The quantitative estimate of drug-likeness (QED) is 0.184. The lowest BCUT2D eigenvalue weighted by atomic mass is 10.1. The predicted octanol–water partition coefficient (Wildman–Crippen LogP) is 8.30. The number of alkyl halides is 5. The molecule has 0 aliphatic carbocycles. The Balaban J connectivity index is 0. The minimum Gasteiger partial charge on any atom is -0.295 e. The van der Waals surface area contributed by atoms with Crippen molar-refractivity contribution in [3.05, 3.63) is 70.8 Å². The third-order valence-electron chi connectivity index (χ3n) is 3.18. The molecule has 28 heavy (non-hydrogen) atoms. The molecule has 0 saturated carbocycles. The van der Waals surface area contributed by atoms with E-state index in [4.69, 9.17) is 0 Å². The Hall–Kier alpha value is -0.580. The van der Waals surface area contributed by atoms with Gasteiger partial charge >= 0.3 is 0 Å². The number of ketones is 2. The van der Waals surface area contributed by atoms with E-state index in [0.29, 0.717) is 11.1 Å². The zero-order valence-electron chi connectivity index (χ0n) is 14.4. The number of rotatable bonds is 5. The van der Waals surface area contributed by atoms with Crippen LogP contribution in [0.4, 0.5) is 17.6 Å². The lowest BCUT2D eigenvalue weighted by Gasteiger charge is -2.00. The maximum absolute atomic E-state index is 12.1. The highest BCUT2D eigenvalue weighted by Crippen LogP contribution is 2.19. The first-order valence-corrected chi connectivity index (χ1v) is 12.1. The number of benzene rings is 2. The molecule has 0 aliphatic heterocycles. The summed E-state index contributed by atoms with van der Waals surface area (Å²) < 4.78 is 48.2. The molecule has 0 heterocycles. The normalized spacial score (nSPS) is 9.50. The van der Waals surface area contributed by atoms with Gasteiger partial charge in [0.25, 0.3) is 12.9 Å². The second-order valence-electron chi connectivity index (χ2n) is 4.96. The van der Waals surface area contributed by atoms with E-state index in [-0.39, 0.29) is 45.0 Å². The van der Waals surface area contributed by atoms with Crippen LogP contribution >= 0.6 is 61.2 Å². The molecule has 0 bridgehead atoms. The van der Waals surface area contributed by atoms with E-state index in [9.17, 15) is 27.2 Å². The Morgan fingerprint density at radius 3 is 1.36 bits per heavy atom. The highest BCUT2D eigenvalue weighted by molar-refractivity contribution is 9.93.